The van der Waals surface area contributed by atoms with Gasteiger partial charge in [-0.2, -0.15) is 0 Å². The number of nitrogens with one attached hydrogen (secondary N) is 1. The van der Waals surface area contributed by atoms with E-state index in [0.29, 0.717) is 17.4 Å². The van der Waals surface area contributed by atoms with E-state index >= 15 is 0 Å². The molecule has 5 heteroatoms. The van der Waals surface area contributed by atoms with Crippen molar-refractivity contribution >= 4 is 17.4 Å². The van der Waals surface area contributed by atoms with Crippen LogP contribution in [0.3, 0.4) is 0 Å². The van der Waals surface area contributed by atoms with Gasteiger partial charge in [0.05, 0.1) is 5.69 Å². The van der Waals surface area contributed by atoms with Crippen LogP contribution < -0.4 is 16.8 Å². The summed E-state index contributed by atoms with van der Waals surface area (Å²) in [6.45, 7) is 6.44. The molecule has 1 aromatic heterocycles. The van der Waals surface area contributed by atoms with Gasteiger partial charge < -0.3 is 16.8 Å². The van der Waals surface area contributed by atoms with Gasteiger partial charge in [-0.25, -0.2) is 4.98 Å². The first-order valence-corrected chi connectivity index (χ1v) is 6.26. The van der Waals surface area contributed by atoms with Crippen LogP contribution in [0.25, 0.3) is 0 Å². The highest BCUT2D eigenvalue weighted by Crippen LogP contribution is 2.19. The molecule has 5 nitrogen and oxygen atoms in total. The summed E-state index contributed by atoms with van der Waals surface area (Å²) >= 11 is 0. The molecule has 0 aliphatic carbocycles. The molecule has 2 atom stereocenters. The van der Waals surface area contributed by atoms with Crippen molar-refractivity contribution in [2.45, 2.75) is 39.7 Å². The van der Waals surface area contributed by atoms with Crippen molar-refractivity contribution in [3.05, 3.63) is 17.8 Å². The summed E-state index contributed by atoms with van der Waals surface area (Å²) in [4.78, 5) is 15.2. The van der Waals surface area contributed by atoms with Crippen LogP contribution in [-0.2, 0) is 0 Å². The Morgan fingerprint density at radius 2 is 2.11 bits per heavy atom. The maximum absolute atomic E-state index is 11.1. The minimum Gasteiger partial charge on any atom is -0.396 e. The summed E-state index contributed by atoms with van der Waals surface area (Å²) in [7, 11) is 0. The number of aromatic nitrogens is 1. The number of anilines is 2. The quantitative estimate of drug-likeness (QED) is 0.719. The van der Waals surface area contributed by atoms with Crippen LogP contribution in [0.4, 0.5) is 11.5 Å². The molecular formula is C13H22N4O. The summed E-state index contributed by atoms with van der Waals surface area (Å²) < 4.78 is 0. The highest BCUT2D eigenvalue weighted by molar-refractivity contribution is 5.91. The minimum absolute atomic E-state index is 0.224. The lowest BCUT2D eigenvalue weighted by Gasteiger charge is -2.19. The molecule has 0 spiro atoms. The van der Waals surface area contributed by atoms with Gasteiger partial charge in [0.25, 0.3) is 5.91 Å². The maximum Gasteiger partial charge on any atom is 0.267 e. The monoisotopic (exact) mass is 250 g/mol. The second kappa shape index (κ2) is 6.23. The number of pyridine rings is 1. The largest absolute Gasteiger partial charge is 0.396 e. The lowest BCUT2D eigenvalue weighted by Crippen LogP contribution is -2.21. The fourth-order valence-corrected chi connectivity index (χ4v) is 1.79. The Hall–Kier alpha value is -1.78. The molecule has 0 fully saturated rings. The van der Waals surface area contributed by atoms with Crippen molar-refractivity contribution in [1.29, 1.82) is 0 Å². The van der Waals surface area contributed by atoms with Gasteiger partial charge in [0.1, 0.15) is 11.5 Å². The Kier molecular flexibility index (Phi) is 4.95. The van der Waals surface area contributed by atoms with E-state index in [1.807, 2.05) is 0 Å². The standard InChI is InChI=1S/C13H22N4O/c1-4-8(2)7-9(3)16-13-10(14)5-6-11(17-13)12(15)18/h5-6,8-9H,4,7,14H2,1-3H3,(H2,15,18)(H,16,17). The van der Waals surface area contributed by atoms with E-state index in [4.69, 9.17) is 11.5 Å². The molecule has 0 aliphatic rings. The molecule has 1 heterocycles. The number of nitrogen functional groups attached to an aromatic ring is 1. The molecule has 0 radical (unpaired) electrons. The van der Waals surface area contributed by atoms with E-state index in [9.17, 15) is 4.79 Å². The third-order valence-electron chi connectivity index (χ3n) is 3.01. The Labute approximate surface area is 108 Å². The van der Waals surface area contributed by atoms with E-state index in [0.717, 1.165) is 12.8 Å². The van der Waals surface area contributed by atoms with E-state index in [2.05, 4.69) is 31.1 Å². The van der Waals surface area contributed by atoms with Crippen LogP contribution in [0.5, 0.6) is 0 Å². The first-order valence-electron chi connectivity index (χ1n) is 6.26. The number of rotatable bonds is 6. The van der Waals surface area contributed by atoms with Crippen molar-refractivity contribution in [2.75, 3.05) is 11.1 Å². The molecule has 0 saturated carbocycles. The average Bonchev–Trinajstić information content (AvgIpc) is 2.31. The lowest BCUT2D eigenvalue weighted by molar-refractivity contribution is 0.0995. The van der Waals surface area contributed by atoms with Crippen LogP contribution in [0.15, 0.2) is 12.1 Å². The highest BCUT2D eigenvalue weighted by atomic mass is 16.1. The molecular weight excluding hydrogens is 228 g/mol. The summed E-state index contributed by atoms with van der Waals surface area (Å²) in [5.41, 5.74) is 11.8. The fourth-order valence-electron chi connectivity index (χ4n) is 1.79. The Bertz CT molecular complexity index is 419. The second-order valence-electron chi connectivity index (χ2n) is 4.79. The van der Waals surface area contributed by atoms with Crippen LogP contribution in [-0.4, -0.2) is 16.9 Å². The minimum atomic E-state index is -0.548. The SMILES string of the molecule is CCC(C)CC(C)Nc1nc(C(N)=O)ccc1N. The van der Waals surface area contributed by atoms with Gasteiger partial charge in [-0.15, -0.1) is 0 Å². The fraction of sp³-hybridized carbons (Fsp3) is 0.538. The van der Waals surface area contributed by atoms with Gasteiger partial charge in [0.15, 0.2) is 0 Å². The Balaban J connectivity index is 2.77. The number of amides is 1. The van der Waals surface area contributed by atoms with Gasteiger partial charge in [0, 0.05) is 6.04 Å². The van der Waals surface area contributed by atoms with Gasteiger partial charge in [0.2, 0.25) is 0 Å². The molecule has 1 rings (SSSR count). The van der Waals surface area contributed by atoms with Crippen LogP contribution in [0, 0.1) is 5.92 Å². The van der Waals surface area contributed by atoms with Crippen LogP contribution in [0.2, 0.25) is 0 Å². The zero-order chi connectivity index (χ0) is 13.7. The molecule has 2 unspecified atom stereocenters. The summed E-state index contributed by atoms with van der Waals surface area (Å²) in [5, 5.41) is 3.23. The van der Waals surface area contributed by atoms with E-state index in [-0.39, 0.29) is 11.7 Å². The first kappa shape index (κ1) is 14.3. The number of carbonyl (C=O) groups is 1. The molecule has 1 amide bonds. The summed E-state index contributed by atoms with van der Waals surface area (Å²) in [6.07, 6.45) is 2.16. The predicted molar refractivity (Wildman–Crippen MR) is 74.3 cm³/mol. The summed E-state index contributed by atoms with van der Waals surface area (Å²) in [5.74, 6) is 0.614. The van der Waals surface area contributed by atoms with Gasteiger partial charge in [-0.1, -0.05) is 20.3 Å². The van der Waals surface area contributed by atoms with Crippen molar-refractivity contribution in [3.63, 3.8) is 0 Å². The molecule has 18 heavy (non-hydrogen) atoms. The highest BCUT2D eigenvalue weighted by Gasteiger charge is 2.11. The topological polar surface area (TPSA) is 94.0 Å². The third kappa shape index (κ3) is 3.91. The molecule has 5 N–H and O–H groups in total. The first-order chi connectivity index (χ1) is 8.43. The van der Waals surface area contributed by atoms with Gasteiger partial charge in [-0.05, 0) is 31.4 Å². The zero-order valence-corrected chi connectivity index (χ0v) is 11.2. The number of hydrogen-bond donors (Lipinski definition) is 3. The smallest absolute Gasteiger partial charge is 0.267 e. The van der Waals surface area contributed by atoms with Crippen LogP contribution >= 0.6 is 0 Å². The Morgan fingerprint density at radius 3 is 2.67 bits per heavy atom. The van der Waals surface area contributed by atoms with Crippen LogP contribution in [0.1, 0.15) is 44.1 Å². The lowest BCUT2D eigenvalue weighted by atomic mass is 10.0. The maximum atomic E-state index is 11.1. The molecule has 100 valence electrons. The van der Waals surface area contributed by atoms with Gasteiger partial charge >= 0.3 is 0 Å². The third-order valence-corrected chi connectivity index (χ3v) is 3.01. The second-order valence-corrected chi connectivity index (χ2v) is 4.79. The predicted octanol–water partition coefficient (Wildman–Crippen LogP) is 2.00. The summed E-state index contributed by atoms with van der Waals surface area (Å²) in [6, 6.07) is 3.42. The molecule has 0 aromatic carbocycles. The number of primary amides is 1. The average molecular weight is 250 g/mol. The van der Waals surface area contributed by atoms with E-state index in [1.165, 1.54) is 6.07 Å². The van der Waals surface area contributed by atoms with Crippen molar-refractivity contribution in [1.82, 2.24) is 4.98 Å². The number of nitrogens with two attached hydrogens (primary N) is 2. The normalized spacial score (nSPS) is 13.9. The van der Waals surface area contributed by atoms with Crippen molar-refractivity contribution < 1.29 is 4.79 Å². The van der Waals surface area contributed by atoms with Crippen molar-refractivity contribution in [3.8, 4) is 0 Å². The number of nitrogens with zero attached hydrogens (tertiary/aromatic N) is 1. The molecule has 0 bridgehead atoms. The zero-order valence-electron chi connectivity index (χ0n) is 11.2. The molecule has 1 aromatic rings. The van der Waals surface area contributed by atoms with E-state index < -0.39 is 5.91 Å². The van der Waals surface area contributed by atoms with Gasteiger partial charge in [-0.3, -0.25) is 4.79 Å². The molecule has 0 saturated heterocycles. The Morgan fingerprint density at radius 1 is 1.44 bits per heavy atom. The van der Waals surface area contributed by atoms with Crippen molar-refractivity contribution in [2.24, 2.45) is 11.7 Å². The van der Waals surface area contributed by atoms with E-state index in [1.54, 1.807) is 6.07 Å². The number of carbonyl (C=O) groups excluding carboxylic acids is 1. The molecule has 0 aliphatic heterocycles. The number of hydrogen-bond acceptors (Lipinski definition) is 4.